The Morgan fingerprint density at radius 3 is 1.93 bits per heavy atom. The van der Waals surface area contributed by atoms with E-state index in [-0.39, 0.29) is 6.61 Å². The van der Waals surface area contributed by atoms with Crippen molar-refractivity contribution >= 4 is 0 Å². The number of ether oxygens (including phenoxy) is 5. The van der Waals surface area contributed by atoms with Crippen molar-refractivity contribution in [1.82, 2.24) is 0 Å². The summed E-state index contributed by atoms with van der Waals surface area (Å²) in [6, 6.07) is 19.6. The fraction of sp³-hybridized carbons (Fsp3) is 0.455. The van der Waals surface area contributed by atoms with E-state index >= 15 is 0 Å². The van der Waals surface area contributed by atoms with Crippen molar-refractivity contribution in [3.63, 3.8) is 0 Å². The van der Waals surface area contributed by atoms with E-state index in [1.807, 2.05) is 60.7 Å². The van der Waals surface area contributed by atoms with E-state index in [1.54, 1.807) is 14.2 Å². The van der Waals surface area contributed by atoms with Gasteiger partial charge in [0.1, 0.15) is 24.4 Å². The Morgan fingerprint density at radius 1 is 0.786 bits per heavy atom. The fourth-order valence-electron chi connectivity index (χ4n) is 3.39. The average Bonchev–Trinajstić information content (AvgIpc) is 2.74. The molecule has 1 aliphatic heterocycles. The van der Waals surface area contributed by atoms with Crippen LogP contribution in [0.15, 0.2) is 60.7 Å². The number of benzene rings is 2. The molecule has 2 aromatic rings. The highest BCUT2D eigenvalue weighted by atomic mass is 16.7. The minimum atomic E-state index is -1.13. The van der Waals surface area contributed by atoms with Gasteiger partial charge in [0, 0.05) is 14.2 Å². The molecule has 1 N–H and O–H groups in total. The highest BCUT2D eigenvalue weighted by molar-refractivity contribution is 5.14. The lowest BCUT2D eigenvalue weighted by atomic mass is 9.98. The third kappa shape index (κ3) is 5.38. The molecule has 152 valence electrons. The number of rotatable bonds is 9. The van der Waals surface area contributed by atoms with Crippen molar-refractivity contribution in [2.75, 3.05) is 20.8 Å². The van der Waals surface area contributed by atoms with E-state index in [0.29, 0.717) is 13.2 Å². The van der Waals surface area contributed by atoms with E-state index in [9.17, 15) is 5.11 Å². The second-order valence-corrected chi connectivity index (χ2v) is 6.73. The van der Waals surface area contributed by atoms with Crippen LogP contribution in [0.4, 0.5) is 0 Å². The van der Waals surface area contributed by atoms with Gasteiger partial charge >= 0.3 is 0 Å². The molecule has 28 heavy (non-hydrogen) atoms. The molecule has 0 saturated carbocycles. The van der Waals surface area contributed by atoms with Gasteiger partial charge in [-0.15, -0.1) is 0 Å². The zero-order chi connectivity index (χ0) is 19.8. The smallest absolute Gasteiger partial charge is 0.184 e. The van der Waals surface area contributed by atoms with Gasteiger partial charge in [0.05, 0.1) is 19.8 Å². The molecule has 1 heterocycles. The standard InChI is InChI=1S/C22H28O6/c1-24-19-18(15-26-13-16-9-5-3-6-10-16)28-22(23)21(20(19)25-2)27-14-17-11-7-4-8-12-17/h3-12,18-23H,13-15H2,1-2H3/t18-,19+,20+,21-,22+/m1/s1. The predicted octanol–water partition coefficient (Wildman–Crippen LogP) is 2.54. The maximum Gasteiger partial charge on any atom is 0.184 e. The Hall–Kier alpha value is -1.80. The molecule has 0 unspecified atom stereocenters. The summed E-state index contributed by atoms with van der Waals surface area (Å²) in [6.07, 6.45) is -3.18. The fourth-order valence-corrected chi connectivity index (χ4v) is 3.39. The van der Waals surface area contributed by atoms with Crippen LogP contribution in [0.5, 0.6) is 0 Å². The molecule has 3 rings (SSSR count). The number of methoxy groups -OCH3 is 2. The van der Waals surface area contributed by atoms with Gasteiger partial charge < -0.3 is 28.8 Å². The summed E-state index contributed by atoms with van der Waals surface area (Å²) in [6.45, 7) is 1.08. The zero-order valence-corrected chi connectivity index (χ0v) is 16.3. The molecular weight excluding hydrogens is 360 g/mol. The van der Waals surface area contributed by atoms with Gasteiger partial charge in [-0.1, -0.05) is 60.7 Å². The van der Waals surface area contributed by atoms with Crippen LogP contribution in [0.3, 0.4) is 0 Å². The van der Waals surface area contributed by atoms with Gasteiger partial charge in [-0.25, -0.2) is 0 Å². The highest BCUT2D eigenvalue weighted by Crippen LogP contribution is 2.27. The molecule has 0 bridgehead atoms. The van der Waals surface area contributed by atoms with Crippen molar-refractivity contribution < 1.29 is 28.8 Å². The van der Waals surface area contributed by atoms with Gasteiger partial charge in [-0.2, -0.15) is 0 Å². The van der Waals surface area contributed by atoms with Crippen LogP contribution in [-0.2, 0) is 36.9 Å². The minimum absolute atomic E-state index is 0.274. The van der Waals surface area contributed by atoms with Gasteiger partial charge in [0.25, 0.3) is 0 Å². The summed E-state index contributed by atoms with van der Waals surface area (Å²) in [5.74, 6) is 0. The summed E-state index contributed by atoms with van der Waals surface area (Å²) in [7, 11) is 3.17. The van der Waals surface area contributed by atoms with Crippen molar-refractivity contribution in [1.29, 1.82) is 0 Å². The molecule has 0 amide bonds. The number of aliphatic hydroxyl groups is 1. The van der Waals surface area contributed by atoms with Gasteiger partial charge in [-0.05, 0) is 11.1 Å². The molecule has 1 fully saturated rings. The molecule has 1 aliphatic rings. The van der Waals surface area contributed by atoms with Crippen molar-refractivity contribution in [2.24, 2.45) is 0 Å². The second-order valence-electron chi connectivity index (χ2n) is 6.73. The third-order valence-corrected chi connectivity index (χ3v) is 4.83. The molecule has 1 saturated heterocycles. The van der Waals surface area contributed by atoms with E-state index in [0.717, 1.165) is 11.1 Å². The van der Waals surface area contributed by atoms with Crippen molar-refractivity contribution in [3.05, 3.63) is 71.8 Å². The monoisotopic (exact) mass is 388 g/mol. The molecule has 6 nitrogen and oxygen atoms in total. The number of hydrogen-bond acceptors (Lipinski definition) is 6. The highest BCUT2D eigenvalue weighted by Gasteiger charge is 2.47. The van der Waals surface area contributed by atoms with Gasteiger partial charge in [-0.3, -0.25) is 0 Å². The Bertz CT molecular complexity index is 680. The molecule has 5 atom stereocenters. The third-order valence-electron chi connectivity index (χ3n) is 4.83. The largest absolute Gasteiger partial charge is 0.376 e. The SMILES string of the molecule is CO[C@@H]1[C@@H](OCc2ccccc2)[C@@H](O)O[C@H](COCc2ccccc2)[C@@H]1OC. The maximum absolute atomic E-state index is 10.5. The van der Waals surface area contributed by atoms with Crippen LogP contribution in [0, 0.1) is 0 Å². The molecule has 0 spiro atoms. The first-order chi connectivity index (χ1) is 13.7. The predicted molar refractivity (Wildman–Crippen MR) is 104 cm³/mol. The van der Waals surface area contributed by atoms with Gasteiger partial charge in [0.2, 0.25) is 0 Å². The Labute approximate surface area is 165 Å². The quantitative estimate of drug-likeness (QED) is 0.712. The summed E-state index contributed by atoms with van der Waals surface area (Å²) >= 11 is 0. The molecule has 2 aromatic carbocycles. The van der Waals surface area contributed by atoms with Gasteiger partial charge in [0.15, 0.2) is 6.29 Å². The lowest BCUT2D eigenvalue weighted by molar-refractivity contribution is -0.307. The Balaban J connectivity index is 1.59. The van der Waals surface area contributed by atoms with E-state index in [2.05, 4.69) is 0 Å². The lowest BCUT2D eigenvalue weighted by Crippen LogP contribution is -2.60. The van der Waals surface area contributed by atoms with E-state index in [1.165, 1.54) is 0 Å². The molecule has 0 aliphatic carbocycles. The maximum atomic E-state index is 10.5. The van der Waals surface area contributed by atoms with Crippen LogP contribution in [-0.4, -0.2) is 56.6 Å². The molecule has 6 heteroatoms. The minimum Gasteiger partial charge on any atom is -0.376 e. The van der Waals surface area contributed by atoms with E-state index < -0.39 is 30.7 Å². The molecule has 0 radical (unpaired) electrons. The molecule has 0 aromatic heterocycles. The van der Waals surface area contributed by atoms with Crippen LogP contribution in [0.25, 0.3) is 0 Å². The lowest BCUT2D eigenvalue weighted by Gasteiger charge is -2.43. The summed E-state index contributed by atoms with van der Waals surface area (Å²) in [5, 5.41) is 10.5. The van der Waals surface area contributed by atoms with Crippen LogP contribution in [0.2, 0.25) is 0 Å². The summed E-state index contributed by atoms with van der Waals surface area (Å²) < 4.78 is 28.7. The van der Waals surface area contributed by atoms with E-state index in [4.69, 9.17) is 23.7 Å². The van der Waals surface area contributed by atoms with Crippen molar-refractivity contribution in [2.45, 2.75) is 43.9 Å². The van der Waals surface area contributed by atoms with Crippen LogP contribution in [0.1, 0.15) is 11.1 Å². The summed E-state index contributed by atoms with van der Waals surface area (Å²) in [4.78, 5) is 0. The normalized spacial score (nSPS) is 27.6. The Morgan fingerprint density at radius 2 is 1.36 bits per heavy atom. The first-order valence-electron chi connectivity index (χ1n) is 9.39. The van der Waals surface area contributed by atoms with Crippen LogP contribution < -0.4 is 0 Å². The number of hydrogen-bond donors (Lipinski definition) is 1. The molecular formula is C22H28O6. The number of aliphatic hydroxyl groups excluding tert-OH is 1. The first-order valence-corrected chi connectivity index (χ1v) is 9.39. The van der Waals surface area contributed by atoms with Crippen molar-refractivity contribution in [3.8, 4) is 0 Å². The Kier molecular flexibility index (Phi) is 7.97. The average molecular weight is 388 g/mol. The topological polar surface area (TPSA) is 66.4 Å². The van der Waals surface area contributed by atoms with Crippen LogP contribution >= 0.6 is 0 Å². The second kappa shape index (κ2) is 10.7. The first kappa shape index (κ1) is 20.9. The zero-order valence-electron chi connectivity index (χ0n) is 16.3. The summed E-state index contributed by atoms with van der Waals surface area (Å²) in [5.41, 5.74) is 2.08.